The van der Waals surface area contributed by atoms with Crippen LogP contribution in [0.1, 0.15) is 17.0 Å². The summed E-state index contributed by atoms with van der Waals surface area (Å²) in [4.78, 5) is 7.31. The van der Waals surface area contributed by atoms with Crippen molar-refractivity contribution in [3.05, 3.63) is 53.2 Å². The zero-order chi connectivity index (χ0) is 21.5. The van der Waals surface area contributed by atoms with E-state index in [1.165, 1.54) is 0 Å². The van der Waals surface area contributed by atoms with Crippen LogP contribution in [-0.4, -0.2) is 51.1 Å². The van der Waals surface area contributed by atoms with Crippen LogP contribution in [0.5, 0.6) is 0 Å². The number of rotatable bonds is 3. The molecule has 3 aromatic rings. The quantitative estimate of drug-likeness (QED) is 0.606. The highest BCUT2D eigenvalue weighted by molar-refractivity contribution is 5.46. The Kier molecular flexibility index (Phi) is 5.04. The molecule has 1 saturated heterocycles. The first-order valence-corrected chi connectivity index (χ1v) is 9.32. The van der Waals surface area contributed by atoms with Crippen molar-refractivity contribution in [2.75, 3.05) is 36.0 Å². The van der Waals surface area contributed by atoms with Crippen LogP contribution >= 0.6 is 0 Å². The number of alkyl halides is 3. The number of hydrogen-bond acceptors (Lipinski definition) is 6. The summed E-state index contributed by atoms with van der Waals surface area (Å²) >= 11 is 0. The Morgan fingerprint density at radius 2 is 1.53 bits per heavy atom. The Balaban J connectivity index is 1.43. The fourth-order valence-corrected chi connectivity index (χ4v) is 3.43. The average molecular weight is 421 g/mol. The van der Waals surface area contributed by atoms with Gasteiger partial charge in [0.25, 0.3) is 0 Å². The normalized spacial score (nSPS) is 15.0. The summed E-state index contributed by atoms with van der Waals surface area (Å²) in [6, 6.07) is 6.09. The Morgan fingerprint density at radius 1 is 0.900 bits per heavy atom. The van der Waals surface area contributed by atoms with E-state index in [1.807, 2.05) is 36.9 Å². The van der Waals surface area contributed by atoms with Gasteiger partial charge in [-0.25, -0.2) is 14.1 Å². The van der Waals surface area contributed by atoms with Crippen LogP contribution in [0.15, 0.2) is 30.5 Å². The fraction of sp³-hybridized carbons (Fsp3) is 0.368. The van der Waals surface area contributed by atoms with E-state index in [0.717, 1.165) is 11.4 Å². The number of piperazine rings is 1. The maximum atomic E-state index is 14.2. The van der Waals surface area contributed by atoms with Crippen molar-refractivity contribution in [2.24, 2.45) is 0 Å². The van der Waals surface area contributed by atoms with Crippen LogP contribution in [-0.2, 0) is 6.18 Å². The molecule has 0 unspecified atom stereocenters. The van der Waals surface area contributed by atoms with E-state index in [9.17, 15) is 17.6 Å². The molecule has 0 N–H and O–H groups in total. The number of aryl methyl sites for hydroxylation is 2. The monoisotopic (exact) mass is 421 g/mol. The molecule has 0 radical (unpaired) electrons. The molecule has 0 bridgehead atoms. The lowest BCUT2D eigenvalue weighted by molar-refractivity contribution is -0.138. The van der Waals surface area contributed by atoms with Crippen LogP contribution in [0, 0.1) is 19.7 Å². The van der Waals surface area contributed by atoms with E-state index in [-0.39, 0.29) is 5.82 Å². The summed E-state index contributed by atoms with van der Waals surface area (Å²) in [5, 5.41) is 12.9. The molecule has 0 atom stereocenters. The lowest BCUT2D eigenvalue weighted by atomic mass is 10.2. The van der Waals surface area contributed by atoms with E-state index in [1.54, 1.807) is 9.58 Å². The van der Waals surface area contributed by atoms with Gasteiger partial charge in [-0.3, -0.25) is 0 Å². The molecule has 0 aromatic carbocycles. The topological polar surface area (TPSA) is 63.0 Å². The molecule has 3 aromatic heterocycles. The third-order valence-electron chi connectivity index (χ3n) is 4.92. The van der Waals surface area contributed by atoms with E-state index >= 15 is 0 Å². The second-order valence-electron chi connectivity index (χ2n) is 7.09. The van der Waals surface area contributed by atoms with Crippen molar-refractivity contribution in [3.63, 3.8) is 0 Å². The summed E-state index contributed by atoms with van der Waals surface area (Å²) in [6.07, 6.45) is -3.96. The number of hydrogen-bond donors (Lipinski definition) is 0. The lowest BCUT2D eigenvalue weighted by Crippen LogP contribution is -2.47. The second-order valence-corrected chi connectivity index (χ2v) is 7.09. The van der Waals surface area contributed by atoms with Crippen LogP contribution in [0.25, 0.3) is 5.82 Å². The molecule has 30 heavy (non-hydrogen) atoms. The predicted octanol–water partition coefficient (Wildman–Crippen LogP) is 3.16. The molecule has 1 aliphatic rings. The van der Waals surface area contributed by atoms with Gasteiger partial charge in [-0.05, 0) is 38.1 Å². The van der Waals surface area contributed by atoms with Crippen molar-refractivity contribution >= 4 is 11.6 Å². The maximum absolute atomic E-state index is 14.2. The highest BCUT2D eigenvalue weighted by Crippen LogP contribution is 2.31. The zero-order valence-corrected chi connectivity index (χ0v) is 16.4. The fourth-order valence-electron chi connectivity index (χ4n) is 3.43. The summed E-state index contributed by atoms with van der Waals surface area (Å²) in [5.41, 5.74) is 0.744. The third-order valence-corrected chi connectivity index (χ3v) is 4.92. The van der Waals surface area contributed by atoms with Crippen LogP contribution in [0.4, 0.5) is 29.2 Å². The largest absolute Gasteiger partial charge is 0.417 e. The van der Waals surface area contributed by atoms with Crippen LogP contribution in [0.3, 0.4) is 0 Å². The van der Waals surface area contributed by atoms with Crippen molar-refractivity contribution in [2.45, 2.75) is 20.0 Å². The molecule has 7 nitrogen and oxygen atoms in total. The number of anilines is 2. The molecule has 1 fully saturated rings. The zero-order valence-electron chi connectivity index (χ0n) is 16.4. The van der Waals surface area contributed by atoms with E-state index in [2.05, 4.69) is 20.3 Å². The van der Waals surface area contributed by atoms with Gasteiger partial charge in [-0.1, -0.05) is 0 Å². The maximum Gasteiger partial charge on any atom is 0.417 e. The molecular formula is C19H19F4N7. The second kappa shape index (κ2) is 7.54. The predicted molar refractivity (Wildman–Crippen MR) is 102 cm³/mol. The Morgan fingerprint density at radius 3 is 2.07 bits per heavy atom. The van der Waals surface area contributed by atoms with E-state index in [0.29, 0.717) is 50.1 Å². The van der Waals surface area contributed by atoms with Crippen molar-refractivity contribution < 1.29 is 17.6 Å². The van der Waals surface area contributed by atoms with Gasteiger partial charge in [0.05, 0.1) is 11.3 Å². The van der Waals surface area contributed by atoms with Gasteiger partial charge in [0.2, 0.25) is 0 Å². The standard InChI is InChI=1S/C19H19F4N7/c1-12-9-13(2)30(27-12)17-4-3-16(25-26-17)28-5-7-29(8-6-28)18-15(20)10-14(11-24-18)19(21,22)23/h3-4,9-11H,5-8H2,1-2H3. The number of halogens is 4. The van der Waals surface area contributed by atoms with Crippen LogP contribution < -0.4 is 9.80 Å². The van der Waals surface area contributed by atoms with Crippen molar-refractivity contribution in [1.82, 2.24) is 25.0 Å². The summed E-state index contributed by atoms with van der Waals surface area (Å²) < 4.78 is 54.0. The third kappa shape index (κ3) is 3.91. The minimum absolute atomic E-state index is 0.0754. The summed E-state index contributed by atoms with van der Waals surface area (Å²) in [7, 11) is 0. The highest BCUT2D eigenvalue weighted by atomic mass is 19.4. The molecule has 0 aliphatic carbocycles. The van der Waals surface area contributed by atoms with Gasteiger partial charge in [-0.2, -0.15) is 18.3 Å². The average Bonchev–Trinajstić information content (AvgIpc) is 3.05. The Hall–Kier alpha value is -3.24. The van der Waals surface area contributed by atoms with Gasteiger partial charge < -0.3 is 9.80 Å². The first-order chi connectivity index (χ1) is 14.2. The molecule has 0 saturated carbocycles. The summed E-state index contributed by atoms with van der Waals surface area (Å²) in [6.45, 7) is 5.65. The molecule has 0 spiro atoms. The first-order valence-electron chi connectivity index (χ1n) is 9.32. The molecular weight excluding hydrogens is 402 g/mol. The molecule has 0 amide bonds. The Bertz CT molecular complexity index is 1040. The molecule has 11 heteroatoms. The van der Waals surface area contributed by atoms with Gasteiger partial charge in [0.15, 0.2) is 23.3 Å². The SMILES string of the molecule is Cc1cc(C)n(-c2ccc(N3CCN(c4ncc(C(F)(F)F)cc4F)CC3)nn2)n1. The highest BCUT2D eigenvalue weighted by Gasteiger charge is 2.32. The number of pyridine rings is 1. The van der Waals surface area contributed by atoms with Gasteiger partial charge in [-0.15, -0.1) is 10.2 Å². The first kappa shape index (κ1) is 20.0. The minimum atomic E-state index is -4.62. The minimum Gasteiger partial charge on any atom is -0.352 e. The van der Waals surface area contributed by atoms with Gasteiger partial charge in [0.1, 0.15) is 0 Å². The molecule has 4 heterocycles. The van der Waals surface area contributed by atoms with Crippen molar-refractivity contribution in [3.8, 4) is 5.82 Å². The van der Waals surface area contributed by atoms with E-state index in [4.69, 9.17) is 0 Å². The molecule has 4 rings (SSSR count). The smallest absolute Gasteiger partial charge is 0.352 e. The lowest BCUT2D eigenvalue weighted by Gasteiger charge is -2.36. The van der Waals surface area contributed by atoms with Crippen LogP contribution in [0.2, 0.25) is 0 Å². The summed E-state index contributed by atoms with van der Waals surface area (Å²) in [5.74, 6) is 0.223. The van der Waals surface area contributed by atoms with E-state index < -0.39 is 17.6 Å². The molecule has 158 valence electrons. The van der Waals surface area contributed by atoms with Gasteiger partial charge >= 0.3 is 6.18 Å². The number of aromatic nitrogens is 5. The van der Waals surface area contributed by atoms with Gasteiger partial charge in [0, 0.05) is 38.1 Å². The Labute approximate surface area is 170 Å². The van der Waals surface area contributed by atoms with Crippen molar-refractivity contribution in [1.29, 1.82) is 0 Å². The molecule has 1 aliphatic heterocycles. The number of nitrogens with zero attached hydrogens (tertiary/aromatic N) is 7.